The van der Waals surface area contributed by atoms with E-state index in [1.807, 2.05) is 6.26 Å². The molecule has 0 spiro atoms. The molecular formula is C18H32N4O7S2. The first kappa shape index (κ1) is 29.0. The molecule has 31 heavy (non-hydrogen) atoms. The van der Waals surface area contributed by atoms with E-state index >= 15 is 0 Å². The number of aliphatic carboxylic acids is 2. The number of nitrogens with two attached hydrogens (primary N) is 1. The fourth-order valence-corrected chi connectivity index (χ4v) is 3.15. The Labute approximate surface area is 191 Å². The van der Waals surface area contributed by atoms with E-state index in [1.165, 1.54) is 11.8 Å². The van der Waals surface area contributed by atoms with Crippen molar-refractivity contribution in [3.8, 4) is 0 Å². The lowest BCUT2D eigenvalue weighted by Crippen LogP contribution is -2.58. The van der Waals surface area contributed by atoms with Gasteiger partial charge in [-0.15, -0.1) is 0 Å². The van der Waals surface area contributed by atoms with Crippen molar-refractivity contribution in [2.75, 3.05) is 17.8 Å². The summed E-state index contributed by atoms with van der Waals surface area (Å²) in [6.07, 6.45) is 1.68. The lowest BCUT2D eigenvalue weighted by Gasteiger charge is -2.26. The number of carboxylic acids is 2. The van der Waals surface area contributed by atoms with E-state index in [-0.39, 0.29) is 30.9 Å². The van der Waals surface area contributed by atoms with Crippen LogP contribution in [-0.4, -0.2) is 81.8 Å². The van der Waals surface area contributed by atoms with Crippen molar-refractivity contribution >= 4 is 54.1 Å². The molecule has 13 heteroatoms. The van der Waals surface area contributed by atoms with Gasteiger partial charge in [-0.05, 0) is 30.8 Å². The van der Waals surface area contributed by atoms with E-state index in [0.29, 0.717) is 5.75 Å². The van der Waals surface area contributed by atoms with Gasteiger partial charge in [-0.1, -0.05) is 13.8 Å². The monoisotopic (exact) mass is 480 g/mol. The summed E-state index contributed by atoms with van der Waals surface area (Å²) in [4.78, 5) is 59.4. The van der Waals surface area contributed by atoms with Crippen LogP contribution in [0.2, 0.25) is 0 Å². The number of carbonyl (C=O) groups is 5. The number of amides is 3. The fourth-order valence-electron chi connectivity index (χ4n) is 2.43. The highest BCUT2D eigenvalue weighted by Gasteiger charge is 2.31. The lowest BCUT2D eigenvalue weighted by molar-refractivity contribution is -0.141. The molecule has 4 unspecified atom stereocenters. The Morgan fingerprint density at radius 1 is 0.935 bits per heavy atom. The number of carboxylic acid groups (broad SMARTS) is 2. The zero-order chi connectivity index (χ0) is 24.1. The van der Waals surface area contributed by atoms with Crippen molar-refractivity contribution < 1.29 is 34.2 Å². The molecule has 7 N–H and O–H groups in total. The minimum Gasteiger partial charge on any atom is -0.481 e. The largest absolute Gasteiger partial charge is 0.481 e. The van der Waals surface area contributed by atoms with Crippen LogP contribution in [0.15, 0.2) is 0 Å². The van der Waals surface area contributed by atoms with Crippen LogP contribution in [0.3, 0.4) is 0 Å². The van der Waals surface area contributed by atoms with Gasteiger partial charge in [0, 0.05) is 12.2 Å². The highest BCUT2D eigenvalue weighted by atomic mass is 32.2. The van der Waals surface area contributed by atoms with Crippen LogP contribution in [0.25, 0.3) is 0 Å². The quantitative estimate of drug-likeness (QED) is 0.145. The first-order valence-electron chi connectivity index (χ1n) is 9.65. The number of hydrogen-bond acceptors (Lipinski definition) is 8. The Hall–Kier alpha value is -1.99. The van der Waals surface area contributed by atoms with Crippen molar-refractivity contribution in [2.24, 2.45) is 11.7 Å². The van der Waals surface area contributed by atoms with Crippen molar-refractivity contribution in [2.45, 2.75) is 57.3 Å². The molecule has 0 aromatic rings. The topological polar surface area (TPSA) is 188 Å². The molecule has 178 valence electrons. The maximum Gasteiger partial charge on any atom is 0.327 e. The minimum absolute atomic E-state index is 0.0906. The van der Waals surface area contributed by atoms with Gasteiger partial charge in [-0.2, -0.15) is 24.4 Å². The average Bonchev–Trinajstić information content (AvgIpc) is 2.69. The molecule has 4 atom stereocenters. The summed E-state index contributed by atoms with van der Waals surface area (Å²) in [6.45, 7) is 3.37. The fraction of sp³-hybridized carbons (Fsp3) is 0.722. The van der Waals surface area contributed by atoms with Gasteiger partial charge >= 0.3 is 11.9 Å². The van der Waals surface area contributed by atoms with E-state index in [9.17, 15) is 24.0 Å². The molecule has 0 bridgehead atoms. The van der Waals surface area contributed by atoms with E-state index in [4.69, 9.17) is 15.9 Å². The second-order valence-corrected chi connectivity index (χ2v) is 8.54. The second kappa shape index (κ2) is 14.9. The number of carbonyl (C=O) groups excluding carboxylic acids is 3. The molecule has 0 saturated heterocycles. The molecule has 0 aliphatic heterocycles. The third-order valence-corrected chi connectivity index (χ3v) is 5.30. The number of thiol groups is 1. The first-order chi connectivity index (χ1) is 14.4. The normalized spacial score (nSPS) is 14.8. The van der Waals surface area contributed by atoms with Crippen molar-refractivity contribution in [1.82, 2.24) is 16.0 Å². The summed E-state index contributed by atoms with van der Waals surface area (Å²) in [5, 5.41) is 25.2. The van der Waals surface area contributed by atoms with Crippen molar-refractivity contribution in [3.63, 3.8) is 0 Å². The average molecular weight is 481 g/mol. The summed E-state index contributed by atoms with van der Waals surface area (Å²) in [7, 11) is 0. The van der Waals surface area contributed by atoms with Gasteiger partial charge in [0.15, 0.2) is 0 Å². The highest BCUT2D eigenvalue weighted by molar-refractivity contribution is 7.98. The Morgan fingerprint density at radius 3 is 1.97 bits per heavy atom. The third-order valence-electron chi connectivity index (χ3n) is 4.29. The summed E-state index contributed by atoms with van der Waals surface area (Å²) in [6, 6.07) is -4.35. The molecule has 0 radical (unpaired) electrons. The number of nitrogens with one attached hydrogen (secondary N) is 3. The van der Waals surface area contributed by atoms with E-state index in [2.05, 4.69) is 28.6 Å². The molecule has 0 aromatic heterocycles. The van der Waals surface area contributed by atoms with Gasteiger partial charge in [0.1, 0.15) is 18.1 Å². The Balaban J connectivity index is 5.25. The molecule has 0 aliphatic rings. The van der Waals surface area contributed by atoms with Crippen LogP contribution >= 0.6 is 24.4 Å². The van der Waals surface area contributed by atoms with Gasteiger partial charge < -0.3 is 31.9 Å². The van der Waals surface area contributed by atoms with Crippen molar-refractivity contribution in [3.05, 3.63) is 0 Å². The van der Waals surface area contributed by atoms with Gasteiger partial charge in [0.05, 0.1) is 6.04 Å². The molecule has 0 saturated carbocycles. The minimum atomic E-state index is -1.25. The SMILES string of the molecule is CSCCC(NC(=O)C(NC(=O)C(N)CCC(=O)O)C(C)C)C(=O)NC(CS)C(=O)O. The van der Waals surface area contributed by atoms with Gasteiger partial charge in [0.2, 0.25) is 17.7 Å². The first-order valence-corrected chi connectivity index (χ1v) is 11.7. The summed E-state index contributed by atoms with van der Waals surface area (Å²) in [5.41, 5.74) is 5.69. The zero-order valence-electron chi connectivity index (χ0n) is 17.8. The van der Waals surface area contributed by atoms with Crippen molar-refractivity contribution in [1.29, 1.82) is 0 Å². The Kier molecular flexibility index (Phi) is 14.0. The zero-order valence-corrected chi connectivity index (χ0v) is 19.5. The van der Waals surface area contributed by atoms with E-state index < -0.39 is 53.8 Å². The van der Waals surface area contributed by atoms with Crippen LogP contribution in [0.4, 0.5) is 0 Å². The Bertz CT molecular complexity index is 648. The Morgan fingerprint density at radius 2 is 1.52 bits per heavy atom. The van der Waals surface area contributed by atoms with E-state index in [0.717, 1.165) is 0 Å². The van der Waals surface area contributed by atoms with Crippen LogP contribution in [-0.2, 0) is 24.0 Å². The summed E-state index contributed by atoms with van der Waals surface area (Å²) >= 11 is 5.35. The molecule has 0 fully saturated rings. The maximum absolute atomic E-state index is 12.8. The van der Waals surface area contributed by atoms with Crippen LogP contribution in [0.5, 0.6) is 0 Å². The predicted octanol–water partition coefficient (Wildman–Crippen LogP) is -0.944. The molecule has 3 amide bonds. The predicted molar refractivity (Wildman–Crippen MR) is 120 cm³/mol. The second-order valence-electron chi connectivity index (χ2n) is 7.19. The van der Waals surface area contributed by atoms with Gasteiger partial charge in [0.25, 0.3) is 0 Å². The summed E-state index contributed by atoms with van der Waals surface area (Å²) in [5.74, 6) is -4.28. The van der Waals surface area contributed by atoms with Crippen LogP contribution < -0.4 is 21.7 Å². The third kappa shape index (κ3) is 11.3. The van der Waals surface area contributed by atoms with E-state index in [1.54, 1.807) is 13.8 Å². The van der Waals surface area contributed by atoms with Gasteiger partial charge in [-0.25, -0.2) is 4.79 Å². The molecule has 0 aromatic carbocycles. The lowest BCUT2D eigenvalue weighted by atomic mass is 10.0. The number of rotatable bonds is 15. The number of thioether (sulfide) groups is 1. The van der Waals surface area contributed by atoms with Crippen LogP contribution in [0.1, 0.15) is 33.1 Å². The molecule has 0 heterocycles. The standard InChI is InChI=1S/C18H32N4O7S2/c1-9(2)14(22-15(25)10(19)4-5-13(23)24)17(27)20-11(6-7-31-3)16(26)21-12(8-30)18(28)29/h9-12,14,30H,4-8,19H2,1-3H3,(H,20,27)(H,21,26)(H,22,25)(H,23,24)(H,28,29). The smallest absolute Gasteiger partial charge is 0.327 e. The van der Waals surface area contributed by atoms with Gasteiger partial charge in [-0.3, -0.25) is 19.2 Å². The summed E-state index contributed by atoms with van der Waals surface area (Å²) < 4.78 is 0. The highest BCUT2D eigenvalue weighted by Crippen LogP contribution is 2.07. The number of hydrogen-bond donors (Lipinski definition) is 7. The molecule has 0 aliphatic carbocycles. The molecule has 0 rings (SSSR count). The molecular weight excluding hydrogens is 448 g/mol. The molecule has 11 nitrogen and oxygen atoms in total. The van der Waals surface area contributed by atoms with Crippen LogP contribution in [0, 0.1) is 5.92 Å². The maximum atomic E-state index is 12.8.